The average Bonchev–Trinajstić information content (AvgIpc) is 2.84. The Kier molecular flexibility index (Phi) is 5.39. The molecule has 128 valence electrons. The third kappa shape index (κ3) is 3.85. The average molecular weight is 409 g/mol. The van der Waals surface area contributed by atoms with Gasteiger partial charge in [-0.1, -0.05) is 53.2 Å². The standard InChI is InChI=1S/C18H14Cl2N2OS2/c1-21(2)13-5-7-14(8-6-13)22-17(23)16(25-18(22)24)9-11-3-4-12(19)10-15(11)20/h3-10H,1-2H3. The molecule has 0 spiro atoms. The first-order valence-electron chi connectivity index (χ1n) is 7.37. The lowest BCUT2D eigenvalue weighted by atomic mass is 10.2. The predicted octanol–water partition coefficient (Wildman–Crippen LogP) is 5.47. The number of rotatable bonds is 3. The summed E-state index contributed by atoms with van der Waals surface area (Å²) in [6.07, 6.45) is 1.74. The lowest BCUT2D eigenvalue weighted by molar-refractivity contribution is -0.113. The first-order valence-corrected chi connectivity index (χ1v) is 9.35. The quantitative estimate of drug-likeness (QED) is 0.496. The Bertz CT molecular complexity index is 879. The highest BCUT2D eigenvalue weighted by Crippen LogP contribution is 2.37. The summed E-state index contributed by atoms with van der Waals surface area (Å²) >= 11 is 18.8. The molecule has 1 saturated heterocycles. The van der Waals surface area contributed by atoms with Gasteiger partial charge in [0.25, 0.3) is 5.91 Å². The first-order chi connectivity index (χ1) is 11.9. The van der Waals surface area contributed by atoms with Crippen LogP contribution >= 0.6 is 47.2 Å². The van der Waals surface area contributed by atoms with Crippen molar-refractivity contribution in [3.8, 4) is 0 Å². The Morgan fingerprint density at radius 2 is 1.80 bits per heavy atom. The second-order valence-corrected chi connectivity index (χ2v) is 8.11. The molecule has 7 heteroatoms. The molecule has 0 aliphatic carbocycles. The van der Waals surface area contributed by atoms with Gasteiger partial charge in [-0.3, -0.25) is 9.69 Å². The van der Waals surface area contributed by atoms with Crippen molar-refractivity contribution in [3.05, 3.63) is 63.0 Å². The van der Waals surface area contributed by atoms with Crippen LogP contribution in [-0.2, 0) is 4.79 Å². The third-order valence-corrected chi connectivity index (χ3v) is 5.53. The van der Waals surface area contributed by atoms with Crippen molar-refractivity contribution in [2.24, 2.45) is 0 Å². The number of thiocarbonyl (C=S) groups is 1. The molecule has 1 aliphatic heterocycles. The van der Waals surface area contributed by atoms with E-state index in [9.17, 15) is 4.79 Å². The van der Waals surface area contributed by atoms with Crippen LogP contribution in [0.4, 0.5) is 11.4 Å². The summed E-state index contributed by atoms with van der Waals surface area (Å²) in [5.74, 6) is -0.154. The maximum absolute atomic E-state index is 12.8. The Labute approximate surface area is 166 Å². The molecule has 0 aromatic heterocycles. The predicted molar refractivity (Wildman–Crippen MR) is 113 cm³/mol. The molecule has 0 bridgehead atoms. The number of thioether (sulfide) groups is 1. The monoisotopic (exact) mass is 408 g/mol. The normalized spacial score (nSPS) is 16.0. The van der Waals surface area contributed by atoms with Crippen molar-refractivity contribution in [1.29, 1.82) is 0 Å². The number of halogens is 2. The van der Waals surface area contributed by atoms with E-state index in [-0.39, 0.29) is 5.91 Å². The van der Waals surface area contributed by atoms with E-state index in [1.54, 1.807) is 24.3 Å². The molecule has 0 saturated carbocycles. The maximum Gasteiger partial charge on any atom is 0.270 e. The van der Waals surface area contributed by atoms with Crippen molar-refractivity contribution in [2.45, 2.75) is 0 Å². The van der Waals surface area contributed by atoms with Crippen LogP contribution in [0.2, 0.25) is 10.0 Å². The number of amides is 1. The minimum Gasteiger partial charge on any atom is -0.378 e. The van der Waals surface area contributed by atoms with Gasteiger partial charge in [-0.05, 0) is 48.0 Å². The van der Waals surface area contributed by atoms with E-state index in [1.165, 1.54) is 16.7 Å². The molecule has 3 nitrogen and oxygen atoms in total. The molecule has 1 aliphatic rings. The van der Waals surface area contributed by atoms with Crippen LogP contribution in [0.25, 0.3) is 6.08 Å². The van der Waals surface area contributed by atoms with Gasteiger partial charge in [-0.2, -0.15) is 0 Å². The third-order valence-electron chi connectivity index (χ3n) is 3.67. The Morgan fingerprint density at radius 1 is 1.12 bits per heavy atom. The minimum absolute atomic E-state index is 0.154. The minimum atomic E-state index is -0.154. The molecule has 3 rings (SSSR count). The van der Waals surface area contributed by atoms with Crippen LogP contribution in [0, 0.1) is 0 Å². The van der Waals surface area contributed by atoms with Gasteiger partial charge in [0.05, 0.1) is 10.6 Å². The van der Waals surface area contributed by atoms with Crippen LogP contribution in [0.15, 0.2) is 47.4 Å². The highest BCUT2D eigenvalue weighted by molar-refractivity contribution is 8.27. The molecule has 0 atom stereocenters. The Balaban J connectivity index is 1.90. The van der Waals surface area contributed by atoms with E-state index in [4.69, 9.17) is 35.4 Å². The SMILES string of the molecule is CN(C)c1ccc(N2C(=O)C(=Cc3ccc(Cl)cc3Cl)SC2=S)cc1. The van der Waals surface area contributed by atoms with Crippen LogP contribution in [0.5, 0.6) is 0 Å². The highest BCUT2D eigenvalue weighted by Gasteiger charge is 2.33. The van der Waals surface area contributed by atoms with Gasteiger partial charge >= 0.3 is 0 Å². The number of benzene rings is 2. The van der Waals surface area contributed by atoms with Crippen molar-refractivity contribution in [3.63, 3.8) is 0 Å². The molecule has 0 N–H and O–H groups in total. The zero-order valence-corrected chi connectivity index (χ0v) is 16.6. The summed E-state index contributed by atoms with van der Waals surface area (Å²) in [5, 5.41) is 1.05. The van der Waals surface area contributed by atoms with Crippen molar-refractivity contribution < 1.29 is 4.79 Å². The molecular formula is C18H14Cl2N2OS2. The fraction of sp³-hybridized carbons (Fsp3) is 0.111. The molecular weight excluding hydrogens is 395 g/mol. The van der Waals surface area contributed by atoms with Crippen LogP contribution < -0.4 is 9.80 Å². The van der Waals surface area contributed by atoms with Gasteiger partial charge in [0.1, 0.15) is 0 Å². The van der Waals surface area contributed by atoms with Crippen molar-refractivity contribution in [1.82, 2.24) is 0 Å². The number of anilines is 2. The number of hydrogen-bond acceptors (Lipinski definition) is 4. The zero-order chi connectivity index (χ0) is 18.1. The molecule has 1 fully saturated rings. The number of hydrogen-bond donors (Lipinski definition) is 0. The first kappa shape index (κ1) is 18.3. The molecule has 2 aromatic carbocycles. The van der Waals surface area contributed by atoms with E-state index in [2.05, 4.69) is 0 Å². The van der Waals surface area contributed by atoms with E-state index >= 15 is 0 Å². The van der Waals surface area contributed by atoms with Gasteiger partial charge in [0.2, 0.25) is 0 Å². The van der Waals surface area contributed by atoms with Gasteiger partial charge in [0.15, 0.2) is 4.32 Å². The van der Waals surface area contributed by atoms with E-state index in [0.717, 1.165) is 16.9 Å². The largest absolute Gasteiger partial charge is 0.378 e. The Morgan fingerprint density at radius 3 is 2.40 bits per heavy atom. The molecule has 0 unspecified atom stereocenters. The molecule has 0 radical (unpaired) electrons. The van der Waals surface area contributed by atoms with Gasteiger partial charge < -0.3 is 4.90 Å². The molecule has 25 heavy (non-hydrogen) atoms. The summed E-state index contributed by atoms with van der Waals surface area (Å²) in [7, 11) is 3.93. The second kappa shape index (κ2) is 7.38. The lowest BCUT2D eigenvalue weighted by Gasteiger charge is -2.17. The van der Waals surface area contributed by atoms with Gasteiger partial charge in [-0.15, -0.1) is 0 Å². The summed E-state index contributed by atoms with van der Waals surface area (Å²) in [4.78, 5) is 16.9. The van der Waals surface area contributed by atoms with Gasteiger partial charge in [-0.25, -0.2) is 0 Å². The van der Waals surface area contributed by atoms with Crippen LogP contribution in [0.3, 0.4) is 0 Å². The zero-order valence-electron chi connectivity index (χ0n) is 13.5. The molecule has 1 amide bonds. The lowest BCUT2D eigenvalue weighted by Crippen LogP contribution is -2.27. The fourth-order valence-corrected chi connectivity index (χ4v) is 4.10. The van der Waals surface area contributed by atoms with Crippen molar-refractivity contribution in [2.75, 3.05) is 23.9 Å². The smallest absolute Gasteiger partial charge is 0.270 e. The van der Waals surface area contributed by atoms with E-state index in [0.29, 0.717) is 19.3 Å². The summed E-state index contributed by atoms with van der Waals surface area (Å²) in [6, 6.07) is 12.8. The van der Waals surface area contributed by atoms with E-state index in [1.807, 2.05) is 43.3 Å². The number of carbonyl (C=O) groups excluding carboxylic acids is 1. The van der Waals surface area contributed by atoms with Crippen LogP contribution in [-0.4, -0.2) is 24.3 Å². The number of nitrogens with zero attached hydrogens (tertiary/aromatic N) is 2. The van der Waals surface area contributed by atoms with E-state index < -0.39 is 0 Å². The van der Waals surface area contributed by atoms with Crippen molar-refractivity contribution >= 4 is 74.9 Å². The summed E-state index contributed by atoms with van der Waals surface area (Å²) in [6.45, 7) is 0. The highest BCUT2D eigenvalue weighted by atomic mass is 35.5. The topological polar surface area (TPSA) is 23.6 Å². The van der Waals surface area contributed by atoms with Gasteiger partial charge in [0, 0.05) is 29.8 Å². The number of carbonyl (C=O) groups is 1. The van der Waals surface area contributed by atoms with Crippen LogP contribution in [0.1, 0.15) is 5.56 Å². The summed E-state index contributed by atoms with van der Waals surface area (Å²) < 4.78 is 0.499. The molecule has 1 heterocycles. The fourth-order valence-electron chi connectivity index (χ4n) is 2.35. The Hall–Kier alpha value is -1.53. The molecule has 2 aromatic rings. The second-order valence-electron chi connectivity index (χ2n) is 5.59. The maximum atomic E-state index is 12.8. The summed E-state index contributed by atoms with van der Waals surface area (Å²) in [5.41, 5.74) is 2.53.